The monoisotopic (exact) mass is 574 g/mol. The first-order valence-electron chi connectivity index (χ1n) is 17.3. The van der Waals surface area contributed by atoms with Crippen molar-refractivity contribution in [2.45, 2.75) is 131 Å². The molecule has 0 aromatic rings. The number of hydrogen-bond donors (Lipinski definition) is 1. The van der Waals surface area contributed by atoms with Gasteiger partial charge in [0.05, 0.1) is 19.8 Å². The first kappa shape index (κ1) is 32.8. The van der Waals surface area contributed by atoms with Crippen LogP contribution in [-0.2, 0) is 14.2 Å². The number of unbranched alkanes of at least 4 members (excludes halogenated alkanes) is 1. The third-order valence-corrected chi connectivity index (χ3v) is 12.4. The lowest BCUT2D eigenvalue weighted by atomic mass is 9.46. The highest BCUT2D eigenvalue weighted by Crippen LogP contribution is 2.67. The summed E-state index contributed by atoms with van der Waals surface area (Å²) in [6, 6.07) is 0. The molecule has 4 aliphatic rings. The number of carbonyl (C=O) groups is 1. The zero-order valence-corrected chi connectivity index (χ0v) is 27.3. The van der Waals surface area contributed by atoms with Gasteiger partial charge >= 0.3 is 6.16 Å². The van der Waals surface area contributed by atoms with E-state index < -0.39 is 12.3 Å². The minimum atomic E-state index is -1.19. The van der Waals surface area contributed by atoms with Gasteiger partial charge in [-0.1, -0.05) is 78.9 Å². The van der Waals surface area contributed by atoms with E-state index in [2.05, 4.69) is 47.6 Å². The van der Waals surface area contributed by atoms with Crippen molar-refractivity contribution in [2.75, 3.05) is 26.4 Å². The molecular formula is C36H62O5. The molecule has 0 aliphatic heterocycles. The van der Waals surface area contributed by atoms with Gasteiger partial charge < -0.3 is 19.3 Å². The summed E-state index contributed by atoms with van der Waals surface area (Å²) in [7, 11) is 0. The zero-order valence-electron chi connectivity index (χ0n) is 27.3. The zero-order chi connectivity index (χ0) is 29.6. The van der Waals surface area contributed by atoms with Gasteiger partial charge in [0.25, 0.3) is 0 Å². The fourth-order valence-corrected chi connectivity index (χ4v) is 10.1. The topological polar surface area (TPSA) is 65.0 Å². The molecule has 236 valence electrons. The van der Waals surface area contributed by atoms with Crippen molar-refractivity contribution in [3.05, 3.63) is 11.6 Å². The van der Waals surface area contributed by atoms with Crippen molar-refractivity contribution < 1.29 is 24.1 Å². The van der Waals surface area contributed by atoms with Crippen LogP contribution >= 0.6 is 0 Å². The van der Waals surface area contributed by atoms with Crippen LogP contribution in [0, 0.1) is 52.3 Å². The standard InChI is InChI=1S/C36H62O5/c1-7-8-20-39-21-22-40-24-33(41-34(37)38)27-16-18-35(5)28(23-27)12-13-29-31-15-14-30(26(4)11-9-10-25(2)3)36(31,6)19-17-32(29)35/h12,25-27,29-33H,7-11,13-24H2,1-6H3,(H,37,38)/t26-,27?,29?,30-,31?,32?,33?,35+,36-/m1/s1. The molecule has 4 rings (SSSR count). The molecule has 5 heteroatoms. The number of allylic oxidation sites excluding steroid dienone is 2. The van der Waals surface area contributed by atoms with Crippen molar-refractivity contribution in [1.82, 2.24) is 0 Å². The van der Waals surface area contributed by atoms with Crippen molar-refractivity contribution in [3.63, 3.8) is 0 Å². The number of fused-ring (bicyclic) bond motifs is 5. The summed E-state index contributed by atoms with van der Waals surface area (Å²) in [6.45, 7) is 16.8. The fourth-order valence-electron chi connectivity index (χ4n) is 10.1. The van der Waals surface area contributed by atoms with Gasteiger partial charge in [-0.2, -0.15) is 0 Å². The van der Waals surface area contributed by atoms with E-state index in [9.17, 15) is 9.90 Å². The first-order chi connectivity index (χ1) is 19.6. The Hall–Kier alpha value is -1.07. The van der Waals surface area contributed by atoms with Crippen LogP contribution in [0.4, 0.5) is 4.79 Å². The molecule has 9 atom stereocenters. The van der Waals surface area contributed by atoms with Crippen molar-refractivity contribution >= 4 is 6.16 Å². The first-order valence-corrected chi connectivity index (χ1v) is 17.3. The quantitative estimate of drug-likeness (QED) is 0.120. The molecule has 5 nitrogen and oxygen atoms in total. The van der Waals surface area contributed by atoms with E-state index in [1.165, 1.54) is 51.4 Å². The van der Waals surface area contributed by atoms with Gasteiger partial charge in [0.1, 0.15) is 6.10 Å². The second-order valence-corrected chi connectivity index (χ2v) is 15.3. The van der Waals surface area contributed by atoms with E-state index in [0.29, 0.717) is 25.2 Å². The maximum Gasteiger partial charge on any atom is 0.506 e. The molecule has 0 bridgehead atoms. The average molecular weight is 575 g/mol. The van der Waals surface area contributed by atoms with E-state index in [-0.39, 0.29) is 11.3 Å². The Balaban J connectivity index is 1.37. The second-order valence-electron chi connectivity index (χ2n) is 15.3. The molecule has 0 aromatic heterocycles. The largest absolute Gasteiger partial charge is 0.506 e. The Kier molecular flexibility index (Phi) is 11.7. The van der Waals surface area contributed by atoms with Gasteiger partial charge in [0.2, 0.25) is 0 Å². The molecule has 41 heavy (non-hydrogen) atoms. The molecule has 1 N–H and O–H groups in total. The normalized spacial score (nSPS) is 36.2. The Bertz CT molecular complexity index is 868. The van der Waals surface area contributed by atoms with Crippen LogP contribution in [0.5, 0.6) is 0 Å². The van der Waals surface area contributed by atoms with E-state index >= 15 is 0 Å². The molecule has 0 heterocycles. The van der Waals surface area contributed by atoms with Crippen LogP contribution in [0.15, 0.2) is 11.6 Å². The molecular weight excluding hydrogens is 512 g/mol. The Morgan fingerprint density at radius 3 is 2.49 bits per heavy atom. The third-order valence-electron chi connectivity index (χ3n) is 12.4. The molecule has 3 saturated carbocycles. The SMILES string of the molecule is CCCCOCCOCC(OC(=O)O)C1CC[C@@]2(C)C(=CCC3C2CC[C@@]2(C)C3CC[C@@H]2[C@H](C)CCCC(C)C)C1. The number of ether oxygens (including phenoxy) is 3. The third kappa shape index (κ3) is 7.54. The van der Waals surface area contributed by atoms with Crippen molar-refractivity contribution in [2.24, 2.45) is 52.3 Å². The van der Waals surface area contributed by atoms with Crippen LogP contribution in [-0.4, -0.2) is 43.8 Å². The molecule has 0 amide bonds. The van der Waals surface area contributed by atoms with Gasteiger partial charge in [-0.15, -0.1) is 0 Å². The van der Waals surface area contributed by atoms with Crippen LogP contribution in [0.1, 0.15) is 125 Å². The van der Waals surface area contributed by atoms with Crippen molar-refractivity contribution in [1.29, 1.82) is 0 Å². The van der Waals surface area contributed by atoms with E-state index in [0.717, 1.165) is 74.2 Å². The van der Waals surface area contributed by atoms with Crippen LogP contribution in [0.2, 0.25) is 0 Å². The molecule has 0 saturated heterocycles. The molecule has 3 fully saturated rings. The Morgan fingerprint density at radius 2 is 1.76 bits per heavy atom. The lowest BCUT2D eigenvalue weighted by molar-refractivity contribution is -0.0697. The Morgan fingerprint density at radius 1 is 0.976 bits per heavy atom. The highest BCUT2D eigenvalue weighted by atomic mass is 16.7. The minimum Gasteiger partial charge on any atom is -0.450 e. The highest BCUT2D eigenvalue weighted by Gasteiger charge is 2.59. The van der Waals surface area contributed by atoms with Crippen LogP contribution in [0.3, 0.4) is 0 Å². The number of hydrogen-bond acceptors (Lipinski definition) is 4. The van der Waals surface area contributed by atoms with Crippen LogP contribution in [0.25, 0.3) is 0 Å². The van der Waals surface area contributed by atoms with Gasteiger partial charge in [0, 0.05) is 12.5 Å². The molecule has 5 unspecified atom stereocenters. The fraction of sp³-hybridized carbons (Fsp3) is 0.917. The molecule has 0 aromatic carbocycles. The van der Waals surface area contributed by atoms with E-state index in [1.54, 1.807) is 5.57 Å². The van der Waals surface area contributed by atoms with E-state index in [1.807, 2.05) is 0 Å². The lowest BCUT2D eigenvalue weighted by Gasteiger charge is -2.59. The second kappa shape index (κ2) is 14.6. The summed E-state index contributed by atoms with van der Waals surface area (Å²) in [5, 5.41) is 9.48. The predicted octanol–water partition coefficient (Wildman–Crippen LogP) is 9.54. The molecule has 0 radical (unpaired) electrons. The summed E-state index contributed by atoms with van der Waals surface area (Å²) in [5.74, 6) is 5.19. The maximum atomic E-state index is 11.6. The lowest BCUT2D eigenvalue weighted by Crippen LogP contribution is -2.51. The molecule has 0 spiro atoms. The number of carboxylic acid groups (broad SMARTS) is 1. The maximum absolute atomic E-state index is 11.6. The predicted molar refractivity (Wildman–Crippen MR) is 166 cm³/mol. The summed E-state index contributed by atoms with van der Waals surface area (Å²) in [6.07, 6.45) is 17.3. The highest BCUT2D eigenvalue weighted by molar-refractivity contribution is 5.57. The Labute approximate surface area is 251 Å². The van der Waals surface area contributed by atoms with Gasteiger partial charge in [-0.05, 0) is 104 Å². The summed E-state index contributed by atoms with van der Waals surface area (Å²) >= 11 is 0. The summed E-state index contributed by atoms with van der Waals surface area (Å²) < 4.78 is 16.9. The summed E-state index contributed by atoms with van der Waals surface area (Å²) in [4.78, 5) is 11.6. The smallest absolute Gasteiger partial charge is 0.450 e. The number of rotatable bonds is 15. The summed E-state index contributed by atoms with van der Waals surface area (Å²) in [5.41, 5.74) is 2.34. The van der Waals surface area contributed by atoms with Gasteiger partial charge in [0.15, 0.2) is 0 Å². The van der Waals surface area contributed by atoms with Crippen LogP contribution < -0.4 is 0 Å². The average Bonchev–Trinajstić information content (AvgIpc) is 3.28. The molecule has 4 aliphatic carbocycles. The van der Waals surface area contributed by atoms with Gasteiger partial charge in [-0.3, -0.25) is 0 Å². The minimum absolute atomic E-state index is 0.194. The van der Waals surface area contributed by atoms with Gasteiger partial charge in [-0.25, -0.2) is 4.79 Å². The van der Waals surface area contributed by atoms with E-state index in [4.69, 9.17) is 14.2 Å². The van der Waals surface area contributed by atoms with Crippen molar-refractivity contribution in [3.8, 4) is 0 Å².